The Morgan fingerprint density at radius 1 is 1.16 bits per heavy atom. The Kier molecular flexibility index (Phi) is 5.61. The molecule has 1 aliphatic heterocycles. The molecule has 1 saturated heterocycles. The minimum Gasteiger partial charge on any atom is -0.371 e. The molecule has 0 unspecified atom stereocenters. The van der Waals surface area contributed by atoms with E-state index in [0.717, 1.165) is 18.7 Å². The van der Waals surface area contributed by atoms with Crippen molar-refractivity contribution in [3.8, 4) is 0 Å². The number of carbonyl (C=O) groups excluding carboxylic acids is 1. The summed E-state index contributed by atoms with van der Waals surface area (Å²) in [5, 5.41) is 4.80. The van der Waals surface area contributed by atoms with Gasteiger partial charge in [-0.15, -0.1) is 0 Å². The van der Waals surface area contributed by atoms with Gasteiger partial charge in [0, 0.05) is 23.8 Å². The lowest BCUT2D eigenvalue weighted by molar-refractivity contribution is 0.0955. The second-order valence-corrected chi connectivity index (χ2v) is 6.91. The number of hydrogen-bond acceptors (Lipinski definition) is 3. The predicted molar refractivity (Wildman–Crippen MR) is 104 cm³/mol. The lowest BCUT2D eigenvalue weighted by Crippen LogP contribution is -2.19. The fourth-order valence-electron chi connectivity index (χ4n) is 2.97. The molecule has 2 aromatic carbocycles. The molecule has 1 heterocycles. The summed E-state index contributed by atoms with van der Waals surface area (Å²) in [4.78, 5) is 14.5. The zero-order chi connectivity index (χ0) is 17.8. The molecule has 0 radical (unpaired) electrons. The van der Waals surface area contributed by atoms with E-state index in [9.17, 15) is 4.79 Å². The average Bonchev–Trinajstić information content (AvgIpc) is 3.09. The van der Waals surface area contributed by atoms with E-state index in [4.69, 9.17) is 23.2 Å². The zero-order valence-corrected chi connectivity index (χ0v) is 15.4. The molecule has 1 aliphatic rings. The van der Waals surface area contributed by atoms with Crippen LogP contribution in [0, 0.1) is 6.92 Å². The minimum absolute atomic E-state index is 0.297. The summed E-state index contributed by atoms with van der Waals surface area (Å²) in [6.07, 6.45) is 4.13. The van der Waals surface area contributed by atoms with E-state index >= 15 is 0 Å². The molecule has 2 aromatic rings. The Morgan fingerprint density at radius 3 is 2.60 bits per heavy atom. The normalized spacial score (nSPS) is 14.3. The van der Waals surface area contributed by atoms with Gasteiger partial charge in [-0.2, -0.15) is 5.10 Å². The maximum atomic E-state index is 12.1. The first kappa shape index (κ1) is 17.8. The first-order chi connectivity index (χ1) is 12.0. The highest BCUT2D eigenvalue weighted by molar-refractivity contribution is 6.36. The van der Waals surface area contributed by atoms with Crippen molar-refractivity contribution < 1.29 is 4.79 Å². The van der Waals surface area contributed by atoms with Crippen LogP contribution in [0.4, 0.5) is 5.69 Å². The number of benzene rings is 2. The van der Waals surface area contributed by atoms with Gasteiger partial charge in [-0.3, -0.25) is 4.79 Å². The van der Waals surface area contributed by atoms with Crippen molar-refractivity contribution in [1.82, 2.24) is 5.43 Å². The van der Waals surface area contributed by atoms with Crippen LogP contribution >= 0.6 is 23.2 Å². The summed E-state index contributed by atoms with van der Waals surface area (Å²) in [5.41, 5.74) is 6.24. The Morgan fingerprint density at radius 2 is 1.92 bits per heavy atom. The second-order valence-electron chi connectivity index (χ2n) is 6.06. The van der Waals surface area contributed by atoms with Gasteiger partial charge in [0.05, 0.1) is 16.8 Å². The molecular formula is C19H19Cl2N3O. The van der Waals surface area contributed by atoms with Crippen molar-refractivity contribution in [1.29, 1.82) is 0 Å². The summed E-state index contributed by atoms with van der Waals surface area (Å²) < 4.78 is 0. The van der Waals surface area contributed by atoms with Gasteiger partial charge in [0.15, 0.2) is 0 Å². The monoisotopic (exact) mass is 375 g/mol. The lowest BCUT2D eigenvalue weighted by atomic mass is 10.1. The molecule has 130 valence electrons. The van der Waals surface area contributed by atoms with Gasteiger partial charge in [0.2, 0.25) is 0 Å². The van der Waals surface area contributed by atoms with Gasteiger partial charge >= 0.3 is 0 Å². The second kappa shape index (κ2) is 7.89. The van der Waals surface area contributed by atoms with Gasteiger partial charge < -0.3 is 4.90 Å². The smallest absolute Gasteiger partial charge is 0.272 e. The highest BCUT2D eigenvalue weighted by Crippen LogP contribution is 2.24. The highest BCUT2D eigenvalue weighted by atomic mass is 35.5. The van der Waals surface area contributed by atoms with Crippen LogP contribution in [0.1, 0.15) is 34.3 Å². The summed E-state index contributed by atoms with van der Waals surface area (Å²) in [5.74, 6) is -0.372. The van der Waals surface area contributed by atoms with Gasteiger partial charge in [0.25, 0.3) is 5.91 Å². The zero-order valence-electron chi connectivity index (χ0n) is 13.9. The molecule has 0 saturated carbocycles. The van der Waals surface area contributed by atoms with Crippen molar-refractivity contribution in [2.75, 3.05) is 18.0 Å². The summed E-state index contributed by atoms with van der Waals surface area (Å²) in [6.45, 7) is 4.33. The lowest BCUT2D eigenvalue weighted by Gasteiger charge is -2.20. The van der Waals surface area contributed by atoms with Crippen LogP contribution in [0.5, 0.6) is 0 Å². The van der Waals surface area contributed by atoms with Crippen LogP contribution in [0.2, 0.25) is 10.0 Å². The molecule has 0 atom stereocenters. The van der Waals surface area contributed by atoms with Crippen molar-refractivity contribution in [2.45, 2.75) is 19.8 Å². The fourth-order valence-corrected chi connectivity index (χ4v) is 3.47. The van der Waals surface area contributed by atoms with Crippen LogP contribution in [-0.2, 0) is 0 Å². The van der Waals surface area contributed by atoms with E-state index in [1.54, 1.807) is 18.3 Å². The SMILES string of the molecule is Cc1cc(/C=N\NC(=O)c2ccc(Cl)cc2Cl)ccc1N1CCCC1. The third-order valence-corrected chi connectivity index (χ3v) is 4.77. The fraction of sp³-hybridized carbons (Fsp3) is 0.263. The number of hydrazone groups is 1. The molecule has 25 heavy (non-hydrogen) atoms. The van der Waals surface area contributed by atoms with Crippen LogP contribution < -0.4 is 10.3 Å². The first-order valence-corrected chi connectivity index (χ1v) is 8.94. The average molecular weight is 376 g/mol. The molecule has 1 amide bonds. The van der Waals surface area contributed by atoms with Gasteiger partial charge in [-0.05, 0) is 61.2 Å². The van der Waals surface area contributed by atoms with Gasteiger partial charge in [-0.25, -0.2) is 5.43 Å². The maximum absolute atomic E-state index is 12.1. The van der Waals surface area contributed by atoms with E-state index in [-0.39, 0.29) is 5.91 Å². The molecule has 3 rings (SSSR count). The van der Waals surface area contributed by atoms with E-state index in [1.165, 1.54) is 30.2 Å². The molecular weight excluding hydrogens is 357 g/mol. The minimum atomic E-state index is -0.372. The van der Waals surface area contributed by atoms with E-state index in [2.05, 4.69) is 34.5 Å². The van der Waals surface area contributed by atoms with E-state index in [1.807, 2.05) is 6.07 Å². The third kappa shape index (κ3) is 4.33. The third-order valence-electron chi connectivity index (χ3n) is 4.22. The molecule has 0 bridgehead atoms. The van der Waals surface area contributed by atoms with Crippen molar-refractivity contribution in [3.05, 3.63) is 63.1 Å². The standard InChI is InChI=1S/C19H19Cl2N3O/c1-13-10-14(4-7-18(13)24-8-2-3-9-24)12-22-23-19(25)16-6-5-15(20)11-17(16)21/h4-7,10-12H,2-3,8-9H2,1H3,(H,23,25)/b22-12-. The molecule has 0 spiro atoms. The van der Waals surface area contributed by atoms with Crippen LogP contribution in [0.15, 0.2) is 41.5 Å². The Labute approximate surface area is 157 Å². The summed E-state index contributed by atoms with van der Waals surface area (Å²) in [7, 11) is 0. The van der Waals surface area contributed by atoms with Crippen molar-refractivity contribution >= 4 is 41.0 Å². The molecule has 0 aliphatic carbocycles. The number of rotatable bonds is 4. The number of halogens is 2. The Hall–Kier alpha value is -2.04. The number of hydrogen-bond donors (Lipinski definition) is 1. The summed E-state index contributed by atoms with van der Waals surface area (Å²) >= 11 is 11.9. The molecule has 1 fully saturated rings. The molecule has 0 aromatic heterocycles. The number of anilines is 1. The first-order valence-electron chi connectivity index (χ1n) is 8.18. The van der Waals surface area contributed by atoms with Crippen molar-refractivity contribution in [3.63, 3.8) is 0 Å². The number of amides is 1. The van der Waals surface area contributed by atoms with Crippen molar-refractivity contribution in [2.24, 2.45) is 5.10 Å². The Balaban J connectivity index is 1.65. The highest BCUT2D eigenvalue weighted by Gasteiger charge is 2.14. The predicted octanol–water partition coefficient (Wildman–Crippen LogP) is 4.67. The van der Waals surface area contributed by atoms with Gasteiger partial charge in [0.1, 0.15) is 0 Å². The summed E-state index contributed by atoms with van der Waals surface area (Å²) in [6, 6.07) is 10.9. The van der Waals surface area contributed by atoms with E-state index < -0.39 is 0 Å². The van der Waals surface area contributed by atoms with Crippen LogP contribution in [-0.4, -0.2) is 25.2 Å². The molecule has 4 nitrogen and oxygen atoms in total. The number of carbonyl (C=O) groups is 1. The maximum Gasteiger partial charge on any atom is 0.272 e. The quantitative estimate of drug-likeness (QED) is 0.623. The molecule has 6 heteroatoms. The number of nitrogens with zero attached hydrogens (tertiary/aromatic N) is 2. The Bertz CT molecular complexity index is 814. The molecule has 1 N–H and O–H groups in total. The largest absolute Gasteiger partial charge is 0.371 e. The van der Waals surface area contributed by atoms with Gasteiger partial charge in [-0.1, -0.05) is 29.3 Å². The topological polar surface area (TPSA) is 44.7 Å². The number of nitrogens with one attached hydrogen (secondary N) is 1. The number of aryl methyl sites for hydroxylation is 1. The van der Waals surface area contributed by atoms with E-state index in [0.29, 0.717) is 15.6 Å². The van der Waals surface area contributed by atoms with Crippen LogP contribution in [0.25, 0.3) is 0 Å². The van der Waals surface area contributed by atoms with Crippen LogP contribution in [0.3, 0.4) is 0 Å².